The maximum atomic E-state index is 13.3. The molecule has 1 unspecified atom stereocenters. The van der Waals surface area contributed by atoms with Gasteiger partial charge in [0.1, 0.15) is 11.5 Å². The molecule has 0 bridgehead atoms. The lowest BCUT2D eigenvalue weighted by Crippen LogP contribution is -2.29. The maximum Gasteiger partial charge on any atom is 0.300 e. The van der Waals surface area contributed by atoms with Gasteiger partial charge < -0.3 is 14.7 Å². The van der Waals surface area contributed by atoms with Crippen molar-refractivity contribution in [2.45, 2.75) is 13.0 Å². The average Bonchev–Trinajstić information content (AvgIpc) is 3.09. The molecular formula is C27H26N2O4. The molecule has 1 N–H and O–H groups in total. The molecule has 1 atom stereocenters. The lowest BCUT2D eigenvalue weighted by Gasteiger charge is -2.26. The van der Waals surface area contributed by atoms with Crippen molar-refractivity contribution in [1.82, 2.24) is 0 Å². The third-order valence-electron chi connectivity index (χ3n) is 5.81. The highest BCUT2D eigenvalue weighted by Crippen LogP contribution is 2.43. The smallest absolute Gasteiger partial charge is 0.300 e. The summed E-state index contributed by atoms with van der Waals surface area (Å²) in [5.74, 6) is -1.26. The number of methoxy groups -OCH3 is 1. The van der Waals surface area contributed by atoms with Crippen LogP contribution in [-0.4, -0.2) is 38.0 Å². The van der Waals surface area contributed by atoms with Gasteiger partial charge in [0.15, 0.2) is 0 Å². The predicted molar refractivity (Wildman–Crippen MR) is 130 cm³/mol. The van der Waals surface area contributed by atoms with Crippen LogP contribution >= 0.6 is 0 Å². The van der Waals surface area contributed by atoms with Crippen LogP contribution in [0.15, 0.2) is 78.4 Å². The number of aryl methyl sites for hydroxylation is 1. The van der Waals surface area contributed by atoms with E-state index in [4.69, 9.17) is 4.74 Å². The van der Waals surface area contributed by atoms with Crippen LogP contribution in [0, 0.1) is 6.92 Å². The van der Waals surface area contributed by atoms with Crippen molar-refractivity contribution in [3.8, 4) is 5.75 Å². The number of amides is 1. The van der Waals surface area contributed by atoms with Gasteiger partial charge in [-0.25, -0.2) is 0 Å². The van der Waals surface area contributed by atoms with Crippen LogP contribution in [0.3, 0.4) is 0 Å². The summed E-state index contributed by atoms with van der Waals surface area (Å²) in [6.07, 6.45) is 0. The number of Topliss-reactive ketones (excluding diaryl/α,β-unsaturated/α-hetero) is 1. The first kappa shape index (κ1) is 22.1. The highest BCUT2D eigenvalue weighted by Gasteiger charge is 2.47. The van der Waals surface area contributed by atoms with Gasteiger partial charge in [-0.2, -0.15) is 0 Å². The number of para-hydroxylation sites is 1. The fourth-order valence-corrected chi connectivity index (χ4v) is 4.15. The molecule has 1 saturated heterocycles. The second-order valence-electron chi connectivity index (χ2n) is 8.19. The molecule has 33 heavy (non-hydrogen) atoms. The van der Waals surface area contributed by atoms with E-state index in [9.17, 15) is 14.7 Å². The van der Waals surface area contributed by atoms with E-state index in [1.165, 1.54) is 12.0 Å². The zero-order chi connectivity index (χ0) is 23.7. The van der Waals surface area contributed by atoms with E-state index in [0.29, 0.717) is 17.0 Å². The van der Waals surface area contributed by atoms with Crippen LogP contribution in [0.25, 0.3) is 5.76 Å². The summed E-state index contributed by atoms with van der Waals surface area (Å²) in [4.78, 5) is 30.0. The number of rotatable bonds is 5. The number of aliphatic hydroxyl groups is 1. The first-order valence-corrected chi connectivity index (χ1v) is 10.6. The molecule has 168 valence electrons. The third kappa shape index (κ3) is 3.96. The Morgan fingerprint density at radius 3 is 2.30 bits per heavy atom. The number of benzene rings is 3. The lowest BCUT2D eigenvalue weighted by atomic mass is 9.94. The van der Waals surface area contributed by atoms with Gasteiger partial charge in [-0.1, -0.05) is 42.0 Å². The Hall–Kier alpha value is -4.06. The lowest BCUT2D eigenvalue weighted by molar-refractivity contribution is -0.132. The third-order valence-corrected chi connectivity index (χ3v) is 5.81. The molecule has 0 radical (unpaired) electrons. The van der Waals surface area contributed by atoms with Crippen molar-refractivity contribution in [2.75, 3.05) is 31.0 Å². The molecule has 0 aromatic heterocycles. The van der Waals surface area contributed by atoms with Crippen LogP contribution in [0.5, 0.6) is 5.75 Å². The Morgan fingerprint density at radius 1 is 0.970 bits per heavy atom. The second-order valence-corrected chi connectivity index (χ2v) is 8.19. The SMILES string of the molecule is COc1ccccc1/C(O)=C1/C(=O)C(=O)N(c2ccc(N(C)C)cc2)C1c1cccc(C)c1. The summed E-state index contributed by atoms with van der Waals surface area (Å²) in [5.41, 5.74) is 3.66. The summed E-state index contributed by atoms with van der Waals surface area (Å²) >= 11 is 0. The van der Waals surface area contributed by atoms with E-state index in [1.807, 2.05) is 74.4 Å². The van der Waals surface area contributed by atoms with E-state index in [2.05, 4.69) is 0 Å². The second kappa shape index (κ2) is 8.82. The van der Waals surface area contributed by atoms with Crippen LogP contribution in [-0.2, 0) is 9.59 Å². The molecule has 0 spiro atoms. The van der Waals surface area contributed by atoms with E-state index in [1.54, 1.807) is 24.3 Å². The topological polar surface area (TPSA) is 70.1 Å². The Bertz CT molecular complexity index is 1240. The molecule has 3 aromatic rings. The molecule has 0 saturated carbocycles. The quantitative estimate of drug-likeness (QED) is 0.353. The normalized spacial score (nSPS) is 17.3. The zero-order valence-corrected chi connectivity index (χ0v) is 19.1. The molecule has 1 aliphatic rings. The van der Waals surface area contributed by atoms with Gasteiger partial charge in [0.05, 0.1) is 24.3 Å². The number of carbonyl (C=O) groups excluding carboxylic acids is 2. The minimum Gasteiger partial charge on any atom is -0.507 e. The Labute approximate surface area is 193 Å². The molecule has 4 rings (SSSR count). The van der Waals surface area contributed by atoms with Crippen molar-refractivity contribution < 1.29 is 19.4 Å². The van der Waals surface area contributed by atoms with E-state index < -0.39 is 17.7 Å². The highest BCUT2D eigenvalue weighted by molar-refractivity contribution is 6.51. The zero-order valence-electron chi connectivity index (χ0n) is 19.1. The van der Waals surface area contributed by atoms with Crippen molar-refractivity contribution in [2.24, 2.45) is 0 Å². The first-order valence-electron chi connectivity index (χ1n) is 10.6. The van der Waals surface area contributed by atoms with Gasteiger partial charge in [-0.15, -0.1) is 0 Å². The number of anilines is 2. The molecule has 3 aromatic carbocycles. The predicted octanol–water partition coefficient (Wildman–Crippen LogP) is 4.70. The van der Waals surface area contributed by atoms with Crippen LogP contribution in [0.1, 0.15) is 22.7 Å². The Morgan fingerprint density at radius 2 is 1.67 bits per heavy atom. The minimum absolute atomic E-state index is 0.0341. The van der Waals surface area contributed by atoms with Gasteiger partial charge in [-0.3, -0.25) is 14.5 Å². The van der Waals surface area contributed by atoms with Crippen LogP contribution in [0.4, 0.5) is 11.4 Å². The molecule has 1 aliphatic heterocycles. The van der Waals surface area contributed by atoms with Gasteiger partial charge in [-0.05, 0) is 48.9 Å². The van der Waals surface area contributed by atoms with Crippen LogP contribution < -0.4 is 14.5 Å². The fourth-order valence-electron chi connectivity index (χ4n) is 4.15. The monoisotopic (exact) mass is 442 g/mol. The van der Waals surface area contributed by atoms with Crippen molar-refractivity contribution >= 4 is 28.8 Å². The summed E-state index contributed by atoms with van der Waals surface area (Å²) in [5, 5.41) is 11.3. The number of hydrogen-bond donors (Lipinski definition) is 1. The van der Waals surface area contributed by atoms with Crippen molar-refractivity contribution in [3.05, 3.63) is 95.1 Å². The fraction of sp³-hybridized carbons (Fsp3) is 0.185. The molecule has 1 heterocycles. The minimum atomic E-state index is -0.778. The van der Waals surface area contributed by atoms with E-state index in [-0.39, 0.29) is 11.3 Å². The first-order chi connectivity index (χ1) is 15.8. The standard InChI is InChI=1S/C27H26N2O4/c1-17-8-7-9-18(16-17)24-23(25(30)21-10-5-6-11-22(21)33-4)26(31)27(32)29(24)20-14-12-19(13-15-20)28(2)3/h5-16,24,30H,1-4H3/b25-23-. The van der Waals surface area contributed by atoms with E-state index >= 15 is 0 Å². The number of ether oxygens (including phenoxy) is 1. The van der Waals surface area contributed by atoms with Gasteiger partial charge in [0, 0.05) is 25.5 Å². The molecular weight excluding hydrogens is 416 g/mol. The van der Waals surface area contributed by atoms with Gasteiger partial charge >= 0.3 is 0 Å². The van der Waals surface area contributed by atoms with Crippen LogP contribution in [0.2, 0.25) is 0 Å². The maximum absolute atomic E-state index is 13.3. The highest BCUT2D eigenvalue weighted by atomic mass is 16.5. The molecule has 1 amide bonds. The molecule has 6 heteroatoms. The van der Waals surface area contributed by atoms with Gasteiger partial charge in [0.2, 0.25) is 0 Å². The average molecular weight is 443 g/mol. The number of hydrogen-bond acceptors (Lipinski definition) is 5. The van der Waals surface area contributed by atoms with Crippen molar-refractivity contribution in [1.29, 1.82) is 0 Å². The Balaban J connectivity index is 1.94. The van der Waals surface area contributed by atoms with E-state index in [0.717, 1.165) is 16.8 Å². The number of ketones is 1. The molecule has 6 nitrogen and oxygen atoms in total. The summed E-state index contributed by atoms with van der Waals surface area (Å²) in [6.45, 7) is 1.95. The summed E-state index contributed by atoms with van der Waals surface area (Å²) in [6, 6.07) is 21.1. The number of nitrogens with zero attached hydrogens (tertiary/aromatic N) is 2. The largest absolute Gasteiger partial charge is 0.507 e. The van der Waals surface area contributed by atoms with Crippen molar-refractivity contribution in [3.63, 3.8) is 0 Å². The summed E-state index contributed by atoms with van der Waals surface area (Å²) in [7, 11) is 5.36. The summed E-state index contributed by atoms with van der Waals surface area (Å²) < 4.78 is 5.39. The molecule has 1 fully saturated rings. The van der Waals surface area contributed by atoms with Gasteiger partial charge in [0.25, 0.3) is 11.7 Å². The number of carbonyl (C=O) groups is 2. The Kier molecular flexibility index (Phi) is 5.92. The number of aliphatic hydroxyl groups excluding tert-OH is 1. The molecule has 0 aliphatic carbocycles.